The van der Waals surface area contributed by atoms with Crippen LogP contribution in [0, 0.1) is 11.8 Å². The summed E-state index contributed by atoms with van der Waals surface area (Å²) in [4.78, 5) is 0. The molecule has 0 aromatic heterocycles. The summed E-state index contributed by atoms with van der Waals surface area (Å²) in [6.45, 7) is 5.14. The van der Waals surface area contributed by atoms with Crippen LogP contribution >= 0.6 is 0 Å². The molecule has 0 spiro atoms. The van der Waals surface area contributed by atoms with Gasteiger partial charge in [-0.15, -0.1) is 11.8 Å². The minimum absolute atomic E-state index is 0.185. The van der Waals surface area contributed by atoms with Crippen LogP contribution in [0.1, 0.15) is 20.8 Å². The Hall–Kier alpha value is -1.17. The standard InChI is InChI=1S/C4H6.C2H6N2O/c1-3-4-2;1-2(3)4-5/h1-2H3;5H,1H3,(H2,3,4). The molecule has 0 saturated heterocycles. The number of nitrogens with zero attached hydrogens (tertiary/aromatic N) is 1. The van der Waals surface area contributed by atoms with Crippen LogP contribution in [0.5, 0.6) is 0 Å². The fourth-order valence-corrected chi connectivity index (χ4v) is 0. The molecule has 3 nitrogen and oxygen atoms in total. The second-order valence-corrected chi connectivity index (χ2v) is 1.24. The zero-order valence-electron chi connectivity index (χ0n) is 5.97. The fourth-order valence-electron chi connectivity index (χ4n) is 0. The molecule has 0 aliphatic carbocycles. The van der Waals surface area contributed by atoms with E-state index in [1.54, 1.807) is 0 Å². The average Bonchev–Trinajstić information content (AvgIpc) is 1.89. The van der Waals surface area contributed by atoms with E-state index >= 15 is 0 Å². The molecule has 0 fully saturated rings. The number of rotatable bonds is 0. The van der Waals surface area contributed by atoms with E-state index in [4.69, 9.17) is 10.9 Å². The van der Waals surface area contributed by atoms with Gasteiger partial charge in [0.2, 0.25) is 0 Å². The van der Waals surface area contributed by atoms with Crippen molar-refractivity contribution >= 4 is 5.84 Å². The highest BCUT2D eigenvalue weighted by molar-refractivity contribution is 5.76. The SMILES string of the molecule is C/C(N)=N/O.CC#CC. The van der Waals surface area contributed by atoms with Gasteiger partial charge in [0, 0.05) is 0 Å². The molecule has 3 heteroatoms. The molecular formula is C6H12N2O. The van der Waals surface area contributed by atoms with E-state index in [1.165, 1.54) is 6.92 Å². The number of amidine groups is 1. The lowest BCUT2D eigenvalue weighted by Crippen LogP contribution is -2.03. The molecule has 0 rings (SSSR count). The lowest BCUT2D eigenvalue weighted by Gasteiger charge is -1.73. The van der Waals surface area contributed by atoms with Crippen molar-refractivity contribution in [3.63, 3.8) is 0 Å². The van der Waals surface area contributed by atoms with Gasteiger partial charge in [0.05, 0.1) is 0 Å². The summed E-state index contributed by atoms with van der Waals surface area (Å²) in [7, 11) is 0. The highest BCUT2D eigenvalue weighted by Gasteiger charge is 1.64. The highest BCUT2D eigenvalue weighted by atomic mass is 16.4. The van der Waals surface area contributed by atoms with Crippen molar-refractivity contribution in [1.82, 2.24) is 0 Å². The average molecular weight is 128 g/mol. The van der Waals surface area contributed by atoms with Crippen LogP contribution in [0.3, 0.4) is 0 Å². The lowest BCUT2D eigenvalue weighted by atomic mass is 10.7. The lowest BCUT2D eigenvalue weighted by molar-refractivity contribution is 0.318. The monoisotopic (exact) mass is 128 g/mol. The van der Waals surface area contributed by atoms with Crippen LogP contribution in [-0.4, -0.2) is 11.0 Å². The van der Waals surface area contributed by atoms with Crippen molar-refractivity contribution < 1.29 is 5.21 Å². The topological polar surface area (TPSA) is 58.6 Å². The van der Waals surface area contributed by atoms with Gasteiger partial charge < -0.3 is 10.9 Å². The molecule has 0 unspecified atom stereocenters. The highest BCUT2D eigenvalue weighted by Crippen LogP contribution is 1.51. The molecule has 9 heavy (non-hydrogen) atoms. The number of hydrogen-bond donors (Lipinski definition) is 2. The molecule has 0 bridgehead atoms. The van der Waals surface area contributed by atoms with Crippen molar-refractivity contribution in [2.24, 2.45) is 10.9 Å². The second kappa shape index (κ2) is 9.95. The van der Waals surface area contributed by atoms with Crippen molar-refractivity contribution in [2.75, 3.05) is 0 Å². The maximum atomic E-state index is 7.61. The van der Waals surface area contributed by atoms with Gasteiger partial charge >= 0.3 is 0 Å². The molecule has 3 N–H and O–H groups in total. The summed E-state index contributed by atoms with van der Waals surface area (Å²) in [5.74, 6) is 5.55. The first-order valence-electron chi connectivity index (χ1n) is 2.46. The van der Waals surface area contributed by atoms with E-state index in [-0.39, 0.29) is 5.84 Å². The zero-order valence-corrected chi connectivity index (χ0v) is 5.97. The summed E-state index contributed by atoms with van der Waals surface area (Å²) in [5.41, 5.74) is 4.79. The van der Waals surface area contributed by atoms with E-state index in [0.29, 0.717) is 0 Å². The van der Waals surface area contributed by atoms with Gasteiger partial charge in [-0.1, -0.05) is 5.16 Å². The normalized spacial score (nSPS) is 8.11. The van der Waals surface area contributed by atoms with Crippen LogP contribution in [-0.2, 0) is 0 Å². The van der Waals surface area contributed by atoms with E-state index in [9.17, 15) is 0 Å². The molecule has 0 aromatic rings. The van der Waals surface area contributed by atoms with Crippen LogP contribution < -0.4 is 5.73 Å². The molecule has 0 amide bonds. The molecule has 52 valence electrons. The third-order valence-corrected chi connectivity index (χ3v) is 0.408. The summed E-state index contributed by atoms with van der Waals surface area (Å²) in [5, 5.41) is 10.2. The van der Waals surface area contributed by atoms with Gasteiger partial charge in [-0.25, -0.2) is 0 Å². The molecule has 0 heterocycles. The zero-order chi connectivity index (χ0) is 7.70. The van der Waals surface area contributed by atoms with Crippen LogP contribution in [0.4, 0.5) is 0 Å². The Morgan fingerprint density at radius 2 is 1.67 bits per heavy atom. The van der Waals surface area contributed by atoms with Crippen LogP contribution in [0.25, 0.3) is 0 Å². The predicted molar refractivity (Wildman–Crippen MR) is 38.2 cm³/mol. The summed E-state index contributed by atoms with van der Waals surface area (Å²) < 4.78 is 0. The quantitative estimate of drug-likeness (QED) is 0.166. The molecule has 0 aromatic carbocycles. The molecule has 0 atom stereocenters. The Bertz CT molecular complexity index is 120. The second-order valence-electron chi connectivity index (χ2n) is 1.24. The number of oxime groups is 1. The fraction of sp³-hybridized carbons (Fsp3) is 0.500. The first-order chi connectivity index (χ1) is 4.18. The summed E-state index contributed by atoms with van der Waals surface area (Å²) >= 11 is 0. The van der Waals surface area contributed by atoms with Crippen molar-refractivity contribution in [2.45, 2.75) is 20.8 Å². The van der Waals surface area contributed by atoms with E-state index < -0.39 is 0 Å². The Balaban J connectivity index is 0. The van der Waals surface area contributed by atoms with Gasteiger partial charge in [-0.05, 0) is 20.8 Å². The van der Waals surface area contributed by atoms with Gasteiger partial charge in [0.25, 0.3) is 0 Å². The Morgan fingerprint density at radius 1 is 1.44 bits per heavy atom. The minimum atomic E-state index is 0.185. The molecule has 0 aliphatic rings. The van der Waals surface area contributed by atoms with Gasteiger partial charge in [0.1, 0.15) is 5.84 Å². The molecular weight excluding hydrogens is 116 g/mol. The maximum absolute atomic E-state index is 7.61. The van der Waals surface area contributed by atoms with E-state index in [2.05, 4.69) is 17.0 Å². The van der Waals surface area contributed by atoms with Crippen LogP contribution in [0.2, 0.25) is 0 Å². The first kappa shape index (κ1) is 10.7. The van der Waals surface area contributed by atoms with Crippen molar-refractivity contribution in [1.29, 1.82) is 0 Å². The smallest absolute Gasteiger partial charge is 0.135 e. The maximum Gasteiger partial charge on any atom is 0.135 e. The Morgan fingerprint density at radius 3 is 1.67 bits per heavy atom. The minimum Gasteiger partial charge on any atom is -0.409 e. The first-order valence-corrected chi connectivity index (χ1v) is 2.46. The van der Waals surface area contributed by atoms with E-state index in [0.717, 1.165) is 0 Å². The van der Waals surface area contributed by atoms with Gasteiger partial charge in [0.15, 0.2) is 0 Å². The Kier molecular flexibility index (Phi) is 11.9. The van der Waals surface area contributed by atoms with Gasteiger partial charge in [-0.3, -0.25) is 0 Å². The van der Waals surface area contributed by atoms with Gasteiger partial charge in [-0.2, -0.15) is 0 Å². The number of hydrogen-bond acceptors (Lipinski definition) is 2. The third-order valence-electron chi connectivity index (χ3n) is 0.408. The van der Waals surface area contributed by atoms with Crippen molar-refractivity contribution in [3.05, 3.63) is 0 Å². The van der Waals surface area contributed by atoms with Crippen molar-refractivity contribution in [3.8, 4) is 11.8 Å². The molecule has 0 radical (unpaired) electrons. The molecule has 0 aliphatic heterocycles. The largest absolute Gasteiger partial charge is 0.409 e. The predicted octanol–water partition coefficient (Wildman–Crippen LogP) is 0.782. The van der Waals surface area contributed by atoms with E-state index in [1.807, 2.05) is 13.8 Å². The molecule has 0 saturated carbocycles. The third kappa shape index (κ3) is 47.6. The van der Waals surface area contributed by atoms with Crippen LogP contribution in [0.15, 0.2) is 5.16 Å². The summed E-state index contributed by atoms with van der Waals surface area (Å²) in [6, 6.07) is 0. The number of nitrogens with two attached hydrogens (primary N) is 1. The Labute approximate surface area is 55.6 Å². The summed E-state index contributed by atoms with van der Waals surface area (Å²) in [6.07, 6.45) is 0.